The van der Waals surface area contributed by atoms with Gasteiger partial charge in [-0.05, 0) is 39.5 Å². The number of rotatable bonds is 4. The van der Waals surface area contributed by atoms with Gasteiger partial charge in [-0.15, -0.1) is 0 Å². The first-order valence-corrected chi connectivity index (χ1v) is 10.2. The Labute approximate surface area is 160 Å². The van der Waals surface area contributed by atoms with Crippen LogP contribution in [0.2, 0.25) is 0 Å². The summed E-state index contributed by atoms with van der Waals surface area (Å²) in [5, 5.41) is 9.87. The Morgan fingerprint density at radius 2 is 1.78 bits per heavy atom. The molecule has 150 valence electrons. The highest BCUT2D eigenvalue weighted by Gasteiger charge is 2.29. The highest BCUT2D eigenvalue weighted by atomic mass is 16.5. The number of aryl methyl sites for hydroxylation is 1. The molecule has 2 N–H and O–H groups in total. The number of aromatic nitrogens is 2. The highest BCUT2D eigenvalue weighted by Crippen LogP contribution is 2.21. The Kier molecular flexibility index (Phi) is 6.68. The molecule has 27 heavy (non-hydrogen) atoms. The van der Waals surface area contributed by atoms with E-state index in [1.165, 1.54) is 25.7 Å². The maximum Gasteiger partial charge on any atom is 0.318 e. The molecule has 0 bridgehead atoms. The van der Waals surface area contributed by atoms with Crippen molar-refractivity contribution in [2.75, 3.05) is 13.1 Å². The molecule has 1 aromatic rings. The van der Waals surface area contributed by atoms with Crippen molar-refractivity contribution >= 4 is 11.9 Å². The van der Waals surface area contributed by atoms with Crippen LogP contribution in [0.4, 0.5) is 4.79 Å². The number of carbonyl (C=O) groups is 2. The van der Waals surface area contributed by atoms with Crippen LogP contribution in [0.1, 0.15) is 76.0 Å². The van der Waals surface area contributed by atoms with E-state index < -0.39 is 0 Å². The molecule has 0 aromatic carbocycles. The fourth-order valence-electron chi connectivity index (χ4n) is 3.91. The molecular formula is C19H31N5O3. The van der Waals surface area contributed by atoms with Gasteiger partial charge < -0.3 is 20.1 Å². The zero-order valence-electron chi connectivity index (χ0n) is 16.4. The van der Waals surface area contributed by atoms with Gasteiger partial charge >= 0.3 is 6.03 Å². The molecule has 2 heterocycles. The SMILES string of the molecule is Cc1noc([C@H](C)NC(=O)N2CCC(C(=O)NC3CCCCCC3)CC2)n1. The number of carbonyl (C=O) groups excluding carboxylic acids is 2. The molecular weight excluding hydrogens is 346 g/mol. The normalized spacial score (nSPS) is 20.7. The Hall–Kier alpha value is -2.12. The van der Waals surface area contributed by atoms with Crippen LogP contribution in [0.3, 0.4) is 0 Å². The molecule has 1 saturated carbocycles. The van der Waals surface area contributed by atoms with Crippen molar-refractivity contribution in [3.63, 3.8) is 0 Å². The minimum absolute atomic E-state index is 0.00770. The van der Waals surface area contributed by atoms with Crippen molar-refractivity contribution in [1.29, 1.82) is 0 Å². The predicted molar refractivity (Wildman–Crippen MR) is 99.9 cm³/mol. The van der Waals surface area contributed by atoms with Gasteiger partial charge in [0.2, 0.25) is 11.8 Å². The topological polar surface area (TPSA) is 100 Å². The summed E-state index contributed by atoms with van der Waals surface area (Å²) < 4.78 is 5.10. The molecule has 3 rings (SSSR count). The third kappa shape index (κ3) is 5.43. The second kappa shape index (κ2) is 9.19. The first-order valence-electron chi connectivity index (χ1n) is 10.2. The molecule has 0 spiro atoms. The third-order valence-electron chi connectivity index (χ3n) is 5.61. The molecule has 8 nitrogen and oxygen atoms in total. The van der Waals surface area contributed by atoms with Crippen molar-refractivity contribution in [2.24, 2.45) is 5.92 Å². The zero-order chi connectivity index (χ0) is 19.2. The van der Waals surface area contributed by atoms with Crippen LogP contribution >= 0.6 is 0 Å². The number of hydrogen-bond donors (Lipinski definition) is 2. The molecule has 1 aliphatic heterocycles. The maximum atomic E-state index is 12.6. The van der Waals surface area contributed by atoms with E-state index in [1.807, 2.05) is 6.92 Å². The van der Waals surface area contributed by atoms with Gasteiger partial charge in [-0.3, -0.25) is 4.79 Å². The van der Waals surface area contributed by atoms with Crippen molar-refractivity contribution in [3.05, 3.63) is 11.7 Å². The molecule has 1 saturated heterocycles. The first-order chi connectivity index (χ1) is 13.0. The van der Waals surface area contributed by atoms with Gasteiger partial charge in [0.15, 0.2) is 5.82 Å². The smallest absolute Gasteiger partial charge is 0.318 e. The van der Waals surface area contributed by atoms with Crippen molar-refractivity contribution in [2.45, 2.75) is 77.3 Å². The molecule has 2 fully saturated rings. The molecule has 3 amide bonds. The first kappa shape index (κ1) is 19.6. The molecule has 1 aromatic heterocycles. The van der Waals surface area contributed by atoms with Gasteiger partial charge in [0, 0.05) is 25.0 Å². The summed E-state index contributed by atoms with van der Waals surface area (Å²) in [7, 11) is 0. The number of urea groups is 1. The van der Waals surface area contributed by atoms with Crippen LogP contribution < -0.4 is 10.6 Å². The minimum atomic E-state index is -0.338. The number of likely N-dealkylation sites (tertiary alicyclic amines) is 1. The number of nitrogens with zero attached hydrogens (tertiary/aromatic N) is 3. The van der Waals surface area contributed by atoms with Crippen LogP contribution in [0, 0.1) is 12.8 Å². The van der Waals surface area contributed by atoms with E-state index in [9.17, 15) is 9.59 Å². The highest BCUT2D eigenvalue weighted by molar-refractivity contribution is 5.80. The average Bonchev–Trinajstić information content (AvgIpc) is 2.94. The van der Waals surface area contributed by atoms with E-state index in [0.29, 0.717) is 43.7 Å². The molecule has 8 heteroatoms. The lowest BCUT2D eigenvalue weighted by atomic mass is 9.95. The molecule has 1 aliphatic carbocycles. The van der Waals surface area contributed by atoms with E-state index in [0.717, 1.165) is 12.8 Å². The molecule has 1 atom stereocenters. The molecule has 2 aliphatic rings. The quantitative estimate of drug-likeness (QED) is 0.786. The fourth-order valence-corrected chi connectivity index (χ4v) is 3.91. The van der Waals surface area contributed by atoms with Gasteiger partial charge in [0.05, 0.1) is 0 Å². The lowest BCUT2D eigenvalue weighted by Crippen LogP contribution is -2.48. The molecule has 0 unspecified atom stereocenters. The Balaban J connectivity index is 1.42. The summed E-state index contributed by atoms with van der Waals surface area (Å²) in [5.74, 6) is 1.12. The van der Waals surface area contributed by atoms with Gasteiger partial charge in [0.1, 0.15) is 6.04 Å². The molecule has 0 radical (unpaired) electrons. The van der Waals surface area contributed by atoms with Gasteiger partial charge in [0.25, 0.3) is 0 Å². The van der Waals surface area contributed by atoms with Gasteiger partial charge in [-0.2, -0.15) is 4.98 Å². The predicted octanol–water partition coefficient (Wildman–Crippen LogP) is 2.70. The minimum Gasteiger partial charge on any atom is -0.353 e. The van der Waals surface area contributed by atoms with E-state index in [2.05, 4.69) is 20.8 Å². The van der Waals surface area contributed by atoms with Crippen molar-refractivity contribution in [1.82, 2.24) is 25.7 Å². The zero-order valence-corrected chi connectivity index (χ0v) is 16.4. The van der Waals surface area contributed by atoms with Crippen LogP contribution in [-0.2, 0) is 4.79 Å². The van der Waals surface area contributed by atoms with Crippen molar-refractivity contribution in [3.8, 4) is 0 Å². The lowest BCUT2D eigenvalue weighted by Gasteiger charge is -2.32. The van der Waals surface area contributed by atoms with Crippen LogP contribution in [0.5, 0.6) is 0 Å². The summed E-state index contributed by atoms with van der Waals surface area (Å²) in [6.45, 7) is 4.73. The van der Waals surface area contributed by atoms with Gasteiger partial charge in [-0.25, -0.2) is 4.79 Å². The van der Waals surface area contributed by atoms with E-state index >= 15 is 0 Å². The largest absolute Gasteiger partial charge is 0.353 e. The van der Waals surface area contributed by atoms with Crippen LogP contribution in [0.25, 0.3) is 0 Å². The second-order valence-corrected chi connectivity index (χ2v) is 7.81. The fraction of sp³-hybridized carbons (Fsp3) is 0.789. The summed E-state index contributed by atoms with van der Waals surface area (Å²) in [6.07, 6.45) is 8.59. The van der Waals surface area contributed by atoms with Crippen LogP contribution in [0.15, 0.2) is 4.52 Å². The lowest BCUT2D eigenvalue weighted by molar-refractivity contribution is -0.127. The average molecular weight is 377 g/mol. The second-order valence-electron chi connectivity index (χ2n) is 7.81. The third-order valence-corrected chi connectivity index (χ3v) is 5.61. The van der Waals surface area contributed by atoms with Gasteiger partial charge in [-0.1, -0.05) is 30.8 Å². The summed E-state index contributed by atoms with van der Waals surface area (Å²) in [6, 6.07) is -0.157. The standard InChI is InChI=1S/C19H31N5O3/c1-13(18-21-14(2)23-27-18)20-19(26)24-11-9-15(10-12-24)17(25)22-16-7-5-3-4-6-8-16/h13,15-16H,3-12H2,1-2H3,(H,20,26)(H,22,25)/t13-/m0/s1. The Morgan fingerprint density at radius 3 is 2.37 bits per heavy atom. The number of hydrogen-bond acceptors (Lipinski definition) is 5. The van der Waals surface area contributed by atoms with E-state index in [4.69, 9.17) is 4.52 Å². The Bertz CT molecular complexity index is 631. The maximum absolute atomic E-state index is 12.6. The monoisotopic (exact) mass is 377 g/mol. The number of piperidine rings is 1. The summed E-state index contributed by atoms with van der Waals surface area (Å²) in [5.41, 5.74) is 0. The van der Waals surface area contributed by atoms with Crippen molar-refractivity contribution < 1.29 is 14.1 Å². The van der Waals surface area contributed by atoms with Crippen LogP contribution in [-0.4, -0.2) is 46.1 Å². The summed E-state index contributed by atoms with van der Waals surface area (Å²) >= 11 is 0. The number of nitrogens with one attached hydrogen (secondary N) is 2. The van der Waals surface area contributed by atoms with E-state index in [1.54, 1.807) is 11.8 Å². The summed E-state index contributed by atoms with van der Waals surface area (Å²) in [4.78, 5) is 30.9. The van der Waals surface area contributed by atoms with E-state index in [-0.39, 0.29) is 23.9 Å². The Morgan fingerprint density at radius 1 is 1.11 bits per heavy atom. The number of amides is 3.